The van der Waals surface area contributed by atoms with Crippen LogP contribution < -0.4 is 5.32 Å². The summed E-state index contributed by atoms with van der Waals surface area (Å²) in [5.41, 5.74) is 1.29. The summed E-state index contributed by atoms with van der Waals surface area (Å²) in [5, 5.41) is 4.65. The third kappa shape index (κ3) is 2.42. The molecular formula is C13H11Cl2N3. The third-order valence-electron chi connectivity index (χ3n) is 3.08. The first kappa shape index (κ1) is 11.8. The van der Waals surface area contributed by atoms with E-state index in [-0.39, 0.29) is 0 Å². The Kier molecular flexibility index (Phi) is 3.10. The van der Waals surface area contributed by atoms with Crippen LogP contribution in [0.2, 0.25) is 10.0 Å². The quantitative estimate of drug-likeness (QED) is 0.930. The molecule has 1 saturated carbocycles. The van der Waals surface area contributed by atoms with Crippen molar-refractivity contribution in [2.24, 2.45) is 0 Å². The number of nitrogens with one attached hydrogen (secondary N) is 1. The lowest BCUT2D eigenvalue weighted by atomic mass is 10.1. The molecule has 2 unspecified atom stereocenters. The maximum Gasteiger partial charge on any atom is 0.148 e. The summed E-state index contributed by atoms with van der Waals surface area (Å²) < 4.78 is 0. The molecule has 1 aliphatic rings. The van der Waals surface area contributed by atoms with E-state index in [2.05, 4.69) is 27.4 Å². The fraction of sp³-hybridized carbons (Fsp3) is 0.231. The Hall–Kier alpha value is -1.32. The molecule has 3 nitrogen and oxygen atoms in total. The van der Waals surface area contributed by atoms with Gasteiger partial charge < -0.3 is 5.32 Å². The molecule has 0 saturated heterocycles. The molecule has 2 aromatic rings. The van der Waals surface area contributed by atoms with Gasteiger partial charge in [0.2, 0.25) is 0 Å². The number of benzene rings is 1. The lowest BCUT2D eigenvalue weighted by molar-refractivity contribution is 1.02. The normalized spacial score (nSPS) is 21.7. The molecule has 0 radical (unpaired) electrons. The van der Waals surface area contributed by atoms with E-state index < -0.39 is 0 Å². The van der Waals surface area contributed by atoms with E-state index in [9.17, 15) is 0 Å². The minimum atomic E-state index is 0.388. The lowest BCUT2D eigenvalue weighted by Crippen LogP contribution is -2.06. The highest BCUT2D eigenvalue weighted by Gasteiger charge is 2.38. The van der Waals surface area contributed by atoms with E-state index >= 15 is 0 Å². The Labute approximate surface area is 115 Å². The van der Waals surface area contributed by atoms with Gasteiger partial charge in [0.15, 0.2) is 0 Å². The number of nitrogens with zero attached hydrogens (tertiary/aromatic N) is 2. The Morgan fingerprint density at radius 2 is 1.94 bits per heavy atom. The number of aromatic nitrogens is 2. The second-order valence-corrected chi connectivity index (χ2v) is 5.21. The topological polar surface area (TPSA) is 37.8 Å². The van der Waals surface area contributed by atoms with Gasteiger partial charge in [-0.05, 0) is 24.1 Å². The van der Waals surface area contributed by atoms with E-state index in [1.54, 1.807) is 6.20 Å². The van der Waals surface area contributed by atoms with Gasteiger partial charge in [0, 0.05) is 17.0 Å². The van der Waals surface area contributed by atoms with Crippen molar-refractivity contribution in [3.8, 4) is 0 Å². The van der Waals surface area contributed by atoms with Crippen LogP contribution in [0.25, 0.3) is 0 Å². The highest BCUT2D eigenvalue weighted by molar-refractivity contribution is 6.32. The van der Waals surface area contributed by atoms with E-state index in [4.69, 9.17) is 23.2 Å². The Morgan fingerprint density at radius 1 is 1.17 bits per heavy atom. The molecule has 1 aromatic carbocycles. The van der Waals surface area contributed by atoms with Crippen LogP contribution in [0.1, 0.15) is 17.9 Å². The minimum Gasteiger partial charge on any atom is -0.365 e. The van der Waals surface area contributed by atoms with Crippen molar-refractivity contribution in [2.75, 3.05) is 5.32 Å². The highest BCUT2D eigenvalue weighted by Crippen LogP contribution is 2.43. The average Bonchev–Trinajstić information content (AvgIpc) is 3.12. The van der Waals surface area contributed by atoms with Crippen LogP contribution in [0.15, 0.2) is 36.8 Å². The number of anilines is 1. The molecule has 1 aromatic heterocycles. The molecule has 2 atom stereocenters. The summed E-state index contributed by atoms with van der Waals surface area (Å²) in [6.45, 7) is 0. The third-order valence-corrected chi connectivity index (χ3v) is 3.61. The maximum absolute atomic E-state index is 6.01. The molecule has 5 heteroatoms. The fourth-order valence-electron chi connectivity index (χ4n) is 2.03. The standard InChI is InChI=1S/C13H11Cl2N3/c14-9-3-1-8(2-4-9)10-5-12(10)18-13-11(15)6-16-7-17-13/h1-4,6-7,10,12H,5H2,(H,16,17,18). The van der Waals surface area contributed by atoms with Crippen molar-refractivity contribution >= 4 is 29.0 Å². The lowest BCUT2D eigenvalue weighted by Gasteiger charge is -2.06. The minimum absolute atomic E-state index is 0.388. The van der Waals surface area contributed by atoms with Crippen LogP contribution in [-0.2, 0) is 0 Å². The molecule has 1 N–H and O–H groups in total. The van der Waals surface area contributed by atoms with Crippen molar-refractivity contribution in [3.63, 3.8) is 0 Å². The second-order valence-electron chi connectivity index (χ2n) is 4.36. The molecule has 1 fully saturated rings. The summed E-state index contributed by atoms with van der Waals surface area (Å²) in [6.07, 6.45) is 4.17. The SMILES string of the molecule is Clc1ccc(C2CC2Nc2ncncc2Cl)cc1. The molecular weight excluding hydrogens is 269 g/mol. The van der Waals surface area contributed by atoms with Crippen LogP contribution in [0.3, 0.4) is 0 Å². The largest absolute Gasteiger partial charge is 0.365 e. The van der Waals surface area contributed by atoms with Gasteiger partial charge in [0.05, 0.1) is 6.20 Å². The van der Waals surface area contributed by atoms with Crippen molar-refractivity contribution < 1.29 is 0 Å². The second kappa shape index (κ2) is 4.75. The molecule has 92 valence electrons. The molecule has 18 heavy (non-hydrogen) atoms. The van der Waals surface area contributed by atoms with Crippen molar-refractivity contribution in [1.82, 2.24) is 9.97 Å². The zero-order valence-electron chi connectivity index (χ0n) is 9.48. The van der Waals surface area contributed by atoms with Gasteiger partial charge in [0.1, 0.15) is 17.2 Å². The maximum atomic E-state index is 6.01. The molecule has 0 bridgehead atoms. The predicted octanol–water partition coefficient (Wildman–Crippen LogP) is 3.75. The fourth-order valence-corrected chi connectivity index (χ4v) is 2.31. The molecule has 1 aliphatic carbocycles. The molecule has 0 amide bonds. The van der Waals surface area contributed by atoms with Crippen LogP contribution in [0.5, 0.6) is 0 Å². The first-order valence-electron chi connectivity index (χ1n) is 5.71. The molecule has 3 rings (SSSR count). The van der Waals surface area contributed by atoms with Crippen LogP contribution in [-0.4, -0.2) is 16.0 Å². The van der Waals surface area contributed by atoms with Gasteiger partial charge >= 0.3 is 0 Å². The highest BCUT2D eigenvalue weighted by atomic mass is 35.5. The van der Waals surface area contributed by atoms with E-state index in [0.717, 1.165) is 11.4 Å². The Morgan fingerprint density at radius 3 is 2.67 bits per heavy atom. The zero-order valence-corrected chi connectivity index (χ0v) is 11.0. The Bertz CT molecular complexity index is 556. The molecule has 0 aliphatic heterocycles. The smallest absolute Gasteiger partial charge is 0.148 e. The van der Waals surface area contributed by atoms with Gasteiger partial charge in [-0.15, -0.1) is 0 Å². The van der Waals surface area contributed by atoms with Crippen molar-refractivity contribution in [2.45, 2.75) is 18.4 Å². The van der Waals surface area contributed by atoms with E-state index in [0.29, 0.717) is 22.8 Å². The predicted molar refractivity (Wildman–Crippen MR) is 73.3 cm³/mol. The Balaban J connectivity index is 1.68. The van der Waals surface area contributed by atoms with Gasteiger partial charge in [0.25, 0.3) is 0 Å². The van der Waals surface area contributed by atoms with Gasteiger partial charge in [-0.2, -0.15) is 0 Å². The number of halogens is 2. The van der Waals surface area contributed by atoms with Crippen molar-refractivity contribution in [1.29, 1.82) is 0 Å². The number of rotatable bonds is 3. The van der Waals surface area contributed by atoms with Gasteiger partial charge in [-0.3, -0.25) is 0 Å². The number of hydrogen-bond acceptors (Lipinski definition) is 3. The van der Waals surface area contributed by atoms with E-state index in [1.807, 2.05) is 12.1 Å². The first-order chi connectivity index (χ1) is 8.74. The van der Waals surface area contributed by atoms with E-state index in [1.165, 1.54) is 11.9 Å². The first-order valence-corrected chi connectivity index (χ1v) is 6.47. The van der Waals surface area contributed by atoms with Crippen LogP contribution >= 0.6 is 23.2 Å². The summed E-state index contributed by atoms with van der Waals surface area (Å²) in [5.74, 6) is 1.21. The monoisotopic (exact) mass is 279 g/mol. The molecule has 1 heterocycles. The zero-order chi connectivity index (χ0) is 12.5. The van der Waals surface area contributed by atoms with Gasteiger partial charge in [-0.1, -0.05) is 35.3 Å². The molecule has 0 spiro atoms. The van der Waals surface area contributed by atoms with Crippen LogP contribution in [0.4, 0.5) is 5.82 Å². The van der Waals surface area contributed by atoms with Crippen molar-refractivity contribution in [3.05, 3.63) is 52.4 Å². The summed E-state index contributed by atoms with van der Waals surface area (Å²) in [7, 11) is 0. The summed E-state index contributed by atoms with van der Waals surface area (Å²) >= 11 is 11.9. The van der Waals surface area contributed by atoms with Crippen LogP contribution in [0, 0.1) is 0 Å². The number of hydrogen-bond donors (Lipinski definition) is 1. The summed E-state index contributed by atoms with van der Waals surface area (Å²) in [6, 6.07) is 8.36. The van der Waals surface area contributed by atoms with Gasteiger partial charge in [-0.25, -0.2) is 9.97 Å². The summed E-state index contributed by atoms with van der Waals surface area (Å²) in [4.78, 5) is 7.99. The average molecular weight is 280 g/mol.